The van der Waals surface area contributed by atoms with Crippen LogP contribution in [0.15, 0.2) is 5.38 Å². The number of carbonyl (C=O) groups is 1. The van der Waals surface area contributed by atoms with Crippen molar-refractivity contribution in [2.45, 2.75) is 32.2 Å². The van der Waals surface area contributed by atoms with Crippen LogP contribution in [0.25, 0.3) is 0 Å². The van der Waals surface area contributed by atoms with Crippen LogP contribution in [0.1, 0.15) is 37.0 Å². The number of halogens is 1. The Balaban J connectivity index is 1.99. The van der Waals surface area contributed by atoms with Gasteiger partial charge in [0.2, 0.25) is 5.91 Å². The normalized spacial score (nSPS) is 19.2. The third-order valence-corrected chi connectivity index (χ3v) is 4.92. The summed E-state index contributed by atoms with van der Waals surface area (Å²) in [4.78, 5) is 20.3. The predicted octanol–water partition coefficient (Wildman–Crippen LogP) is 2.50. The summed E-state index contributed by atoms with van der Waals surface area (Å²) >= 11 is 7.47. The van der Waals surface area contributed by atoms with Gasteiger partial charge in [-0.25, -0.2) is 4.98 Å². The van der Waals surface area contributed by atoms with Crippen LogP contribution in [0.4, 0.5) is 0 Å². The molecule has 6 heteroatoms. The highest BCUT2D eigenvalue weighted by Gasteiger charge is 2.22. The highest BCUT2D eigenvalue weighted by atomic mass is 35.5. The van der Waals surface area contributed by atoms with Gasteiger partial charge in [0.15, 0.2) is 0 Å². The molecule has 0 bridgehead atoms. The summed E-state index contributed by atoms with van der Waals surface area (Å²) in [6.45, 7) is 7.43. The minimum absolute atomic E-state index is 0.174. The van der Waals surface area contributed by atoms with Crippen molar-refractivity contribution in [3.8, 4) is 0 Å². The minimum Gasteiger partial charge on any atom is -0.342 e. The lowest BCUT2D eigenvalue weighted by Crippen LogP contribution is -2.34. The molecule has 1 fully saturated rings. The highest BCUT2D eigenvalue weighted by Crippen LogP contribution is 2.25. The Morgan fingerprint density at radius 3 is 2.89 bits per heavy atom. The molecule has 2 heterocycles. The topological polar surface area (TPSA) is 36.4 Å². The molecule has 2 rings (SSSR count). The molecule has 0 radical (unpaired) electrons. The molecule has 1 aliphatic rings. The molecular formula is C13H20ClN3OS. The molecule has 0 spiro atoms. The maximum absolute atomic E-state index is 11.4. The van der Waals surface area contributed by atoms with Gasteiger partial charge in [-0.05, 0) is 13.3 Å². The van der Waals surface area contributed by atoms with Gasteiger partial charge < -0.3 is 4.90 Å². The second kappa shape index (κ2) is 6.68. The molecule has 1 aliphatic heterocycles. The number of hydrogen-bond donors (Lipinski definition) is 0. The van der Waals surface area contributed by atoms with Crippen LogP contribution in [0.3, 0.4) is 0 Å². The van der Waals surface area contributed by atoms with Gasteiger partial charge >= 0.3 is 0 Å². The number of rotatable bonds is 3. The van der Waals surface area contributed by atoms with Gasteiger partial charge in [0.1, 0.15) is 5.01 Å². The first kappa shape index (κ1) is 14.8. The smallest absolute Gasteiger partial charge is 0.219 e. The van der Waals surface area contributed by atoms with E-state index in [0.29, 0.717) is 11.9 Å². The molecular weight excluding hydrogens is 282 g/mol. The molecule has 0 aliphatic carbocycles. The molecule has 0 N–H and O–H groups in total. The van der Waals surface area contributed by atoms with Crippen molar-refractivity contribution in [2.24, 2.45) is 0 Å². The van der Waals surface area contributed by atoms with Crippen molar-refractivity contribution in [2.75, 3.05) is 26.2 Å². The number of aromatic nitrogens is 1. The Kier molecular flexibility index (Phi) is 5.19. The minimum atomic E-state index is 0.174. The van der Waals surface area contributed by atoms with Crippen molar-refractivity contribution >= 4 is 28.8 Å². The Morgan fingerprint density at radius 1 is 1.47 bits per heavy atom. The SMILES string of the molecule is CC(=O)N1CCCN(C(C)c2nc(CCl)cs2)CC1. The van der Waals surface area contributed by atoms with E-state index in [1.807, 2.05) is 10.3 Å². The van der Waals surface area contributed by atoms with Gasteiger partial charge in [-0.1, -0.05) is 0 Å². The second-order valence-electron chi connectivity index (χ2n) is 4.88. The molecule has 0 saturated carbocycles. The molecule has 1 unspecified atom stereocenters. The Bertz CT molecular complexity index is 437. The second-order valence-corrected chi connectivity index (χ2v) is 6.04. The zero-order valence-corrected chi connectivity index (χ0v) is 13.0. The highest BCUT2D eigenvalue weighted by molar-refractivity contribution is 7.09. The van der Waals surface area contributed by atoms with Gasteiger partial charge in [0.05, 0.1) is 17.6 Å². The summed E-state index contributed by atoms with van der Waals surface area (Å²) in [7, 11) is 0. The molecule has 19 heavy (non-hydrogen) atoms. The molecule has 1 aromatic heterocycles. The Labute approximate surface area is 123 Å². The van der Waals surface area contributed by atoms with E-state index >= 15 is 0 Å². The number of nitrogens with zero attached hydrogens (tertiary/aromatic N) is 3. The lowest BCUT2D eigenvalue weighted by molar-refractivity contribution is -0.128. The molecule has 0 aromatic carbocycles. The molecule has 4 nitrogen and oxygen atoms in total. The van der Waals surface area contributed by atoms with Gasteiger partial charge in [-0.15, -0.1) is 22.9 Å². The summed E-state index contributed by atoms with van der Waals surface area (Å²) < 4.78 is 0. The van der Waals surface area contributed by atoms with E-state index in [1.54, 1.807) is 18.3 Å². The summed E-state index contributed by atoms with van der Waals surface area (Å²) in [6, 6.07) is 0.300. The van der Waals surface area contributed by atoms with E-state index in [4.69, 9.17) is 11.6 Å². The van der Waals surface area contributed by atoms with Crippen LogP contribution in [0.5, 0.6) is 0 Å². The van der Waals surface area contributed by atoms with Crippen molar-refractivity contribution in [3.05, 3.63) is 16.1 Å². The first-order chi connectivity index (χ1) is 9.11. The van der Waals surface area contributed by atoms with Crippen LogP contribution in [0.2, 0.25) is 0 Å². The molecule has 1 atom stereocenters. The summed E-state index contributed by atoms with van der Waals surface area (Å²) in [5, 5.41) is 3.14. The number of thiazole rings is 1. The first-order valence-electron chi connectivity index (χ1n) is 6.61. The molecule has 1 aromatic rings. The molecule has 106 valence electrons. The van der Waals surface area contributed by atoms with E-state index in [2.05, 4.69) is 16.8 Å². The third-order valence-electron chi connectivity index (χ3n) is 3.59. The quantitative estimate of drug-likeness (QED) is 0.805. The van der Waals surface area contributed by atoms with Gasteiger partial charge in [0, 0.05) is 38.5 Å². The van der Waals surface area contributed by atoms with E-state index in [0.717, 1.165) is 43.3 Å². The number of alkyl halides is 1. The van der Waals surface area contributed by atoms with Crippen LogP contribution < -0.4 is 0 Å². The lowest BCUT2D eigenvalue weighted by Gasteiger charge is -2.26. The van der Waals surface area contributed by atoms with Crippen LogP contribution in [0, 0.1) is 0 Å². The largest absolute Gasteiger partial charge is 0.342 e. The van der Waals surface area contributed by atoms with E-state index in [1.165, 1.54) is 0 Å². The maximum Gasteiger partial charge on any atom is 0.219 e. The van der Waals surface area contributed by atoms with E-state index in [-0.39, 0.29) is 5.91 Å². The van der Waals surface area contributed by atoms with Crippen molar-refractivity contribution < 1.29 is 4.79 Å². The van der Waals surface area contributed by atoms with Gasteiger partial charge in [-0.2, -0.15) is 0 Å². The van der Waals surface area contributed by atoms with Crippen LogP contribution in [-0.4, -0.2) is 46.9 Å². The van der Waals surface area contributed by atoms with Gasteiger partial charge in [0.25, 0.3) is 0 Å². The monoisotopic (exact) mass is 301 g/mol. The average molecular weight is 302 g/mol. The Morgan fingerprint density at radius 2 is 2.26 bits per heavy atom. The standard InChI is InChI=1S/C13H20ClN3OS/c1-10(13-15-12(8-14)9-19-13)16-4-3-5-17(7-6-16)11(2)18/h9-10H,3-8H2,1-2H3. The third kappa shape index (κ3) is 3.68. The van der Waals surface area contributed by atoms with Crippen LogP contribution in [-0.2, 0) is 10.7 Å². The number of hydrogen-bond acceptors (Lipinski definition) is 4. The Hall–Kier alpha value is -0.650. The fraction of sp³-hybridized carbons (Fsp3) is 0.692. The van der Waals surface area contributed by atoms with Crippen molar-refractivity contribution in [3.63, 3.8) is 0 Å². The fourth-order valence-electron chi connectivity index (χ4n) is 2.37. The maximum atomic E-state index is 11.4. The van der Waals surface area contributed by atoms with Crippen LogP contribution >= 0.6 is 22.9 Å². The lowest BCUT2D eigenvalue weighted by atomic mass is 10.2. The molecule has 1 amide bonds. The summed E-state index contributed by atoms with van der Waals surface area (Å²) in [5.74, 6) is 0.648. The van der Waals surface area contributed by atoms with Gasteiger partial charge in [-0.3, -0.25) is 9.69 Å². The zero-order chi connectivity index (χ0) is 13.8. The number of amides is 1. The summed E-state index contributed by atoms with van der Waals surface area (Å²) in [6.07, 6.45) is 1.03. The summed E-state index contributed by atoms with van der Waals surface area (Å²) in [5.41, 5.74) is 0.953. The zero-order valence-electron chi connectivity index (χ0n) is 11.4. The van der Waals surface area contributed by atoms with E-state index < -0.39 is 0 Å². The fourth-order valence-corrected chi connectivity index (χ4v) is 3.51. The first-order valence-corrected chi connectivity index (χ1v) is 8.03. The van der Waals surface area contributed by atoms with Crippen molar-refractivity contribution in [1.82, 2.24) is 14.8 Å². The predicted molar refractivity (Wildman–Crippen MR) is 78.5 cm³/mol. The van der Waals surface area contributed by atoms with Crippen molar-refractivity contribution in [1.29, 1.82) is 0 Å². The number of carbonyl (C=O) groups excluding carboxylic acids is 1. The van der Waals surface area contributed by atoms with E-state index in [9.17, 15) is 4.79 Å². The average Bonchev–Trinajstić information content (AvgIpc) is 2.74. The molecule has 1 saturated heterocycles.